The Kier molecular flexibility index (Phi) is 11.7. The Hall–Kier alpha value is -5.45. The summed E-state index contributed by atoms with van der Waals surface area (Å²) in [6.45, 7) is 5.83. The van der Waals surface area contributed by atoms with Crippen LogP contribution >= 0.6 is 0 Å². The molecule has 3 N–H and O–H groups in total. The van der Waals surface area contributed by atoms with Crippen LogP contribution in [-0.2, 0) is 53.0 Å². The number of pyridine rings is 1. The topological polar surface area (TPSA) is 211 Å². The number of morpholine rings is 1. The van der Waals surface area contributed by atoms with Crippen molar-refractivity contribution in [1.82, 2.24) is 41.1 Å². The first-order valence-corrected chi connectivity index (χ1v) is 16.3. The summed E-state index contributed by atoms with van der Waals surface area (Å²) in [5, 5.41) is 19.0. The maximum atomic E-state index is 14.4. The number of carbonyl (C=O) groups is 5. The monoisotopic (exact) mass is 691 g/mol. The minimum Gasteiger partial charge on any atom is -0.461 e. The first kappa shape index (κ1) is 35.8. The third kappa shape index (κ3) is 9.58. The fourth-order valence-electron chi connectivity index (χ4n) is 5.61. The molecule has 3 aromatic rings. The van der Waals surface area contributed by atoms with Crippen molar-refractivity contribution in [2.45, 2.75) is 83.3 Å². The molecule has 0 radical (unpaired) electrons. The molecule has 2 aliphatic heterocycles. The first-order chi connectivity index (χ1) is 24.0. The molecule has 0 spiro atoms. The van der Waals surface area contributed by atoms with Crippen molar-refractivity contribution in [2.24, 2.45) is 0 Å². The van der Waals surface area contributed by atoms with Gasteiger partial charge in [0, 0.05) is 32.0 Å². The first-order valence-electron chi connectivity index (χ1n) is 16.3. The van der Waals surface area contributed by atoms with E-state index in [9.17, 15) is 24.0 Å². The van der Waals surface area contributed by atoms with E-state index in [2.05, 4.69) is 36.2 Å². The van der Waals surface area contributed by atoms with Crippen LogP contribution < -0.4 is 15.5 Å². The highest BCUT2D eigenvalue weighted by atomic mass is 16.6. The molecule has 4 amide bonds. The molecule has 3 atom stereocenters. The molecular weight excluding hydrogens is 650 g/mol. The number of tetrazole rings is 1. The van der Waals surface area contributed by atoms with Crippen molar-refractivity contribution < 1.29 is 38.2 Å². The normalized spacial score (nSPS) is 17.7. The molecule has 0 saturated carbocycles. The number of esters is 1. The largest absolute Gasteiger partial charge is 0.461 e. The van der Waals surface area contributed by atoms with E-state index in [1.807, 2.05) is 30.3 Å². The standard InChI is InChI=1S/C33H41N9O8/c1-33(2,3)50-32(47)41-14-15-48-20-23(41)17-27(43)36-24(11-12-28(44)49-19-21-8-5-4-6-9-21)31(46)42-25(16-22-10-7-13-34-29(22)42)30(45)35-18-26-37-39-40-38-26/h4-10,13,23-25H,11-12,14-20H2,1-3H3,(H,35,45)(H,36,43)(H,37,38,39,40)/t23?,24-,25-/m0/s1. The van der Waals surface area contributed by atoms with Crippen LogP contribution in [0, 0.1) is 0 Å². The minimum atomic E-state index is -1.26. The number of aromatic nitrogens is 5. The van der Waals surface area contributed by atoms with Gasteiger partial charge in [-0.15, -0.1) is 10.2 Å². The Morgan fingerprint density at radius 1 is 1.10 bits per heavy atom. The molecule has 1 saturated heterocycles. The highest BCUT2D eigenvalue weighted by molar-refractivity contribution is 6.06. The predicted molar refractivity (Wildman–Crippen MR) is 175 cm³/mol. The van der Waals surface area contributed by atoms with Gasteiger partial charge in [0.05, 0.1) is 25.8 Å². The van der Waals surface area contributed by atoms with Crippen LogP contribution in [-0.4, -0.2) is 104 Å². The predicted octanol–water partition coefficient (Wildman–Crippen LogP) is 1.20. The quantitative estimate of drug-likeness (QED) is 0.229. The van der Waals surface area contributed by atoms with Gasteiger partial charge >= 0.3 is 12.1 Å². The molecule has 2 aromatic heterocycles. The van der Waals surface area contributed by atoms with Crippen molar-refractivity contribution in [3.05, 3.63) is 65.6 Å². The van der Waals surface area contributed by atoms with Gasteiger partial charge in [-0.25, -0.2) is 9.78 Å². The second kappa shape index (κ2) is 16.3. The zero-order valence-electron chi connectivity index (χ0n) is 28.2. The Bertz CT molecular complexity index is 1650. The van der Waals surface area contributed by atoms with Crippen molar-refractivity contribution in [3.63, 3.8) is 0 Å². The van der Waals surface area contributed by atoms with Crippen LogP contribution in [0.25, 0.3) is 0 Å². The number of amides is 4. The van der Waals surface area contributed by atoms with Crippen LogP contribution in [0.2, 0.25) is 0 Å². The maximum Gasteiger partial charge on any atom is 0.410 e. The zero-order chi connectivity index (χ0) is 35.7. The SMILES string of the molecule is CC(C)(C)OC(=O)N1CCOCC1CC(=O)N[C@@H](CCC(=O)OCc1ccccc1)C(=O)N1c2ncccc2C[C@H]1C(=O)NCc1nn[nH]n1. The summed E-state index contributed by atoms with van der Waals surface area (Å²) in [5.74, 6) is -1.78. The van der Waals surface area contributed by atoms with Crippen molar-refractivity contribution in [1.29, 1.82) is 0 Å². The maximum absolute atomic E-state index is 14.4. The Labute approximate surface area is 288 Å². The van der Waals surface area contributed by atoms with Gasteiger partial charge in [-0.1, -0.05) is 41.6 Å². The molecule has 1 aromatic carbocycles. The Morgan fingerprint density at radius 3 is 2.64 bits per heavy atom. The van der Waals surface area contributed by atoms with Crippen LogP contribution in [0.4, 0.5) is 10.6 Å². The summed E-state index contributed by atoms with van der Waals surface area (Å²) in [5.41, 5.74) is 0.698. The third-order valence-electron chi connectivity index (χ3n) is 7.96. The second-order valence-corrected chi connectivity index (χ2v) is 12.9. The lowest BCUT2D eigenvalue weighted by atomic mass is 10.1. The number of anilines is 1. The number of hydrogen-bond donors (Lipinski definition) is 3. The van der Waals surface area contributed by atoms with Gasteiger partial charge in [0.1, 0.15) is 30.1 Å². The van der Waals surface area contributed by atoms with E-state index in [0.717, 1.165) is 5.56 Å². The van der Waals surface area contributed by atoms with Gasteiger partial charge in [0.2, 0.25) is 11.8 Å². The van der Waals surface area contributed by atoms with Gasteiger partial charge in [-0.3, -0.25) is 24.1 Å². The van der Waals surface area contributed by atoms with Crippen LogP contribution in [0.5, 0.6) is 0 Å². The van der Waals surface area contributed by atoms with Crippen LogP contribution in [0.3, 0.4) is 0 Å². The fraction of sp³-hybridized carbons (Fsp3) is 0.485. The fourth-order valence-corrected chi connectivity index (χ4v) is 5.61. The lowest BCUT2D eigenvalue weighted by Gasteiger charge is -2.36. The molecule has 17 nitrogen and oxygen atoms in total. The number of carbonyl (C=O) groups excluding carboxylic acids is 5. The average Bonchev–Trinajstić information content (AvgIpc) is 3.76. The second-order valence-electron chi connectivity index (χ2n) is 12.9. The molecular formula is C33H41N9O8. The Balaban J connectivity index is 1.33. The number of aromatic amines is 1. The average molecular weight is 692 g/mol. The van der Waals surface area contributed by atoms with E-state index in [0.29, 0.717) is 5.56 Å². The summed E-state index contributed by atoms with van der Waals surface area (Å²) in [4.78, 5) is 74.3. The molecule has 0 aliphatic carbocycles. The number of rotatable bonds is 12. The molecule has 0 bridgehead atoms. The van der Waals surface area contributed by atoms with E-state index in [4.69, 9.17) is 14.2 Å². The highest BCUT2D eigenvalue weighted by Gasteiger charge is 2.42. The number of nitrogens with one attached hydrogen (secondary N) is 3. The molecule has 266 valence electrons. The molecule has 5 rings (SSSR count). The number of ether oxygens (including phenoxy) is 3. The van der Waals surface area contributed by atoms with Crippen LogP contribution in [0.15, 0.2) is 48.7 Å². The molecule has 17 heteroatoms. The summed E-state index contributed by atoms with van der Waals surface area (Å²) in [7, 11) is 0. The number of fused-ring (bicyclic) bond motifs is 1. The Morgan fingerprint density at radius 2 is 1.90 bits per heavy atom. The zero-order valence-corrected chi connectivity index (χ0v) is 28.2. The minimum absolute atomic E-state index is 0.0390. The summed E-state index contributed by atoms with van der Waals surface area (Å²) in [6, 6.07) is 9.66. The lowest BCUT2D eigenvalue weighted by molar-refractivity contribution is -0.145. The van der Waals surface area contributed by atoms with E-state index in [1.165, 1.54) is 16.0 Å². The number of hydrogen-bond acceptors (Lipinski definition) is 12. The van der Waals surface area contributed by atoms with Gasteiger partial charge in [0.25, 0.3) is 5.91 Å². The van der Waals surface area contributed by atoms with Crippen molar-refractivity contribution >= 4 is 35.6 Å². The van der Waals surface area contributed by atoms with Crippen molar-refractivity contribution in [2.75, 3.05) is 24.7 Å². The van der Waals surface area contributed by atoms with Gasteiger partial charge in [-0.05, 0) is 44.4 Å². The number of benzene rings is 1. The smallest absolute Gasteiger partial charge is 0.410 e. The molecule has 4 heterocycles. The molecule has 2 aliphatic rings. The lowest BCUT2D eigenvalue weighted by Crippen LogP contribution is -2.56. The summed E-state index contributed by atoms with van der Waals surface area (Å²) >= 11 is 0. The summed E-state index contributed by atoms with van der Waals surface area (Å²) in [6.07, 6.45) is 0.536. The van der Waals surface area contributed by atoms with Gasteiger partial charge < -0.3 is 29.7 Å². The molecule has 1 fully saturated rings. The van der Waals surface area contributed by atoms with Gasteiger partial charge in [-0.2, -0.15) is 5.21 Å². The van der Waals surface area contributed by atoms with E-state index in [1.54, 1.807) is 32.9 Å². The third-order valence-corrected chi connectivity index (χ3v) is 7.96. The summed E-state index contributed by atoms with van der Waals surface area (Å²) < 4.78 is 16.5. The van der Waals surface area contributed by atoms with E-state index >= 15 is 0 Å². The highest BCUT2D eigenvalue weighted by Crippen LogP contribution is 2.31. The molecule has 50 heavy (non-hydrogen) atoms. The van der Waals surface area contributed by atoms with Crippen molar-refractivity contribution in [3.8, 4) is 0 Å². The number of nitrogens with zero attached hydrogens (tertiary/aromatic N) is 6. The van der Waals surface area contributed by atoms with Crippen LogP contribution in [0.1, 0.15) is 57.0 Å². The van der Waals surface area contributed by atoms with E-state index < -0.39 is 53.5 Å². The number of H-pyrrole nitrogens is 1. The van der Waals surface area contributed by atoms with E-state index in [-0.39, 0.29) is 70.2 Å². The van der Waals surface area contributed by atoms with Gasteiger partial charge in [0.15, 0.2) is 5.82 Å². The molecule has 1 unspecified atom stereocenters.